The van der Waals surface area contributed by atoms with Gasteiger partial charge in [0.15, 0.2) is 0 Å². The molecule has 10 heteroatoms. The molecule has 0 saturated heterocycles. The molecule has 0 fully saturated rings. The van der Waals surface area contributed by atoms with E-state index in [-0.39, 0.29) is 17.3 Å². The Morgan fingerprint density at radius 1 is 0.974 bits per heavy atom. The summed E-state index contributed by atoms with van der Waals surface area (Å²) in [6.45, 7) is 5.36. The standard InChI is InChI=1S/C29H33ClFN3O4S/c1-4-5-18-32-29(36)22(3)33(19-23-8-12-25(31)13-9-23)28(35)20-34(26-14-6-21(2)7-15-26)39(37,38)27-16-10-24(30)11-17-27/h6-17,22H,4-5,18-20H2,1-3H3,(H,32,36)/t22-/m1/s1. The number of nitrogens with one attached hydrogen (secondary N) is 1. The molecule has 0 bridgehead atoms. The number of unbranched alkanes of at least 4 members (excludes halogenated alkanes) is 1. The van der Waals surface area contributed by atoms with E-state index in [9.17, 15) is 22.4 Å². The zero-order chi connectivity index (χ0) is 28.6. The number of benzene rings is 3. The minimum absolute atomic E-state index is 0.00971. The average Bonchev–Trinajstić information content (AvgIpc) is 2.91. The van der Waals surface area contributed by atoms with Crippen molar-refractivity contribution in [2.24, 2.45) is 0 Å². The highest BCUT2D eigenvalue weighted by molar-refractivity contribution is 7.92. The van der Waals surface area contributed by atoms with Crippen LogP contribution >= 0.6 is 11.6 Å². The molecule has 3 rings (SSSR count). The van der Waals surface area contributed by atoms with Crippen molar-refractivity contribution in [2.75, 3.05) is 17.4 Å². The second kappa shape index (κ2) is 13.6. The molecule has 7 nitrogen and oxygen atoms in total. The zero-order valence-electron chi connectivity index (χ0n) is 22.2. The number of aryl methyl sites for hydroxylation is 1. The summed E-state index contributed by atoms with van der Waals surface area (Å²) in [5.41, 5.74) is 1.82. The van der Waals surface area contributed by atoms with Crippen LogP contribution in [0.25, 0.3) is 0 Å². The van der Waals surface area contributed by atoms with Crippen LogP contribution in [0.3, 0.4) is 0 Å². The summed E-state index contributed by atoms with van der Waals surface area (Å²) in [6.07, 6.45) is 1.67. The summed E-state index contributed by atoms with van der Waals surface area (Å²) < 4.78 is 42.1. The SMILES string of the molecule is CCCCNC(=O)[C@@H](C)N(Cc1ccc(F)cc1)C(=O)CN(c1ccc(C)cc1)S(=O)(=O)c1ccc(Cl)cc1. The third-order valence-electron chi connectivity index (χ3n) is 6.27. The maximum Gasteiger partial charge on any atom is 0.264 e. The van der Waals surface area contributed by atoms with Crippen molar-refractivity contribution in [1.29, 1.82) is 0 Å². The molecule has 208 valence electrons. The van der Waals surface area contributed by atoms with E-state index in [1.54, 1.807) is 31.2 Å². The molecular formula is C29H33ClFN3O4S. The lowest BCUT2D eigenvalue weighted by Crippen LogP contribution is -2.51. The van der Waals surface area contributed by atoms with Gasteiger partial charge in [0.25, 0.3) is 10.0 Å². The number of hydrogen-bond acceptors (Lipinski definition) is 4. The predicted octanol–water partition coefficient (Wildman–Crippen LogP) is 5.32. The number of hydrogen-bond donors (Lipinski definition) is 1. The van der Waals surface area contributed by atoms with E-state index >= 15 is 0 Å². The number of rotatable bonds is 12. The highest BCUT2D eigenvalue weighted by Gasteiger charge is 2.32. The number of carbonyl (C=O) groups is 2. The lowest BCUT2D eigenvalue weighted by Gasteiger charge is -2.32. The average molecular weight is 574 g/mol. The fraction of sp³-hybridized carbons (Fsp3) is 0.310. The smallest absolute Gasteiger partial charge is 0.264 e. The van der Waals surface area contributed by atoms with Gasteiger partial charge >= 0.3 is 0 Å². The van der Waals surface area contributed by atoms with Crippen molar-refractivity contribution in [2.45, 2.75) is 51.1 Å². The predicted molar refractivity (Wildman–Crippen MR) is 151 cm³/mol. The Kier molecular flexibility index (Phi) is 10.5. The molecule has 0 spiro atoms. The molecule has 1 N–H and O–H groups in total. The van der Waals surface area contributed by atoms with Crippen molar-refractivity contribution in [3.63, 3.8) is 0 Å². The van der Waals surface area contributed by atoms with Crippen molar-refractivity contribution in [3.8, 4) is 0 Å². The Balaban J connectivity index is 1.98. The summed E-state index contributed by atoms with van der Waals surface area (Å²) in [5, 5.41) is 3.20. The second-order valence-corrected chi connectivity index (χ2v) is 11.6. The van der Waals surface area contributed by atoms with Crippen molar-refractivity contribution < 1.29 is 22.4 Å². The first-order valence-electron chi connectivity index (χ1n) is 12.7. The van der Waals surface area contributed by atoms with Crippen LogP contribution in [0.4, 0.5) is 10.1 Å². The molecule has 39 heavy (non-hydrogen) atoms. The normalized spacial score (nSPS) is 12.0. The maximum absolute atomic E-state index is 13.8. The maximum atomic E-state index is 13.8. The second-order valence-electron chi connectivity index (χ2n) is 9.27. The Hall–Kier alpha value is -3.43. The molecule has 0 aliphatic heterocycles. The molecule has 2 amide bonds. The number of amides is 2. The van der Waals surface area contributed by atoms with Gasteiger partial charge in [0, 0.05) is 18.1 Å². The number of sulfonamides is 1. The van der Waals surface area contributed by atoms with Gasteiger partial charge in [-0.2, -0.15) is 0 Å². The monoisotopic (exact) mass is 573 g/mol. The van der Waals surface area contributed by atoms with Gasteiger partial charge in [-0.15, -0.1) is 0 Å². The van der Waals surface area contributed by atoms with Crippen molar-refractivity contribution in [3.05, 3.63) is 94.8 Å². The van der Waals surface area contributed by atoms with Gasteiger partial charge in [-0.05, 0) is 74.4 Å². The fourth-order valence-electron chi connectivity index (χ4n) is 3.88. The summed E-state index contributed by atoms with van der Waals surface area (Å²) in [5.74, 6) is -1.38. The lowest BCUT2D eigenvalue weighted by atomic mass is 10.1. The first-order valence-corrected chi connectivity index (χ1v) is 14.5. The van der Waals surface area contributed by atoms with E-state index in [4.69, 9.17) is 11.6 Å². The first kappa shape index (κ1) is 30.1. The number of halogens is 2. The van der Waals surface area contributed by atoms with E-state index < -0.39 is 34.3 Å². The van der Waals surface area contributed by atoms with Crippen LogP contribution < -0.4 is 9.62 Å². The van der Waals surface area contributed by atoms with Gasteiger partial charge in [0.1, 0.15) is 18.4 Å². The van der Waals surface area contributed by atoms with Gasteiger partial charge in [-0.25, -0.2) is 12.8 Å². The highest BCUT2D eigenvalue weighted by atomic mass is 35.5. The summed E-state index contributed by atoms with van der Waals surface area (Å²) in [6, 6.07) is 17.1. The van der Waals surface area contributed by atoms with Gasteiger partial charge in [0.05, 0.1) is 10.6 Å². The van der Waals surface area contributed by atoms with E-state index in [1.807, 2.05) is 13.8 Å². The van der Waals surface area contributed by atoms with Crippen LogP contribution in [0.5, 0.6) is 0 Å². The molecule has 0 aliphatic carbocycles. The van der Waals surface area contributed by atoms with Gasteiger partial charge < -0.3 is 10.2 Å². The van der Waals surface area contributed by atoms with Crippen LogP contribution in [0.2, 0.25) is 5.02 Å². The Bertz CT molecular complexity index is 1370. The van der Waals surface area contributed by atoms with E-state index in [2.05, 4.69) is 5.32 Å². The molecule has 0 aliphatic rings. The molecule has 0 heterocycles. The van der Waals surface area contributed by atoms with Crippen LogP contribution in [-0.4, -0.2) is 44.3 Å². The molecular weight excluding hydrogens is 541 g/mol. The van der Waals surface area contributed by atoms with E-state index in [0.717, 1.165) is 22.7 Å². The lowest BCUT2D eigenvalue weighted by molar-refractivity contribution is -0.139. The molecule has 3 aromatic carbocycles. The summed E-state index contributed by atoms with van der Waals surface area (Å²) in [4.78, 5) is 28.0. The van der Waals surface area contributed by atoms with E-state index in [0.29, 0.717) is 22.8 Å². The summed E-state index contributed by atoms with van der Waals surface area (Å²) >= 11 is 5.97. The highest BCUT2D eigenvalue weighted by Crippen LogP contribution is 2.26. The topological polar surface area (TPSA) is 86.8 Å². The largest absolute Gasteiger partial charge is 0.354 e. The Morgan fingerprint density at radius 2 is 1.59 bits per heavy atom. The Morgan fingerprint density at radius 3 is 2.18 bits per heavy atom. The van der Waals surface area contributed by atoms with E-state index in [1.165, 1.54) is 53.4 Å². The molecule has 1 atom stereocenters. The number of nitrogens with zero attached hydrogens (tertiary/aromatic N) is 2. The minimum atomic E-state index is -4.18. The fourth-order valence-corrected chi connectivity index (χ4v) is 5.42. The zero-order valence-corrected chi connectivity index (χ0v) is 23.8. The molecule has 0 saturated carbocycles. The molecule has 0 radical (unpaired) electrons. The van der Waals surface area contributed by atoms with Crippen LogP contribution in [0, 0.1) is 12.7 Å². The third-order valence-corrected chi connectivity index (χ3v) is 8.31. The minimum Gasteiger partial charge on any atom is -0.354 e. The molecule has 3 aromatic rings. The quantitative estimate of drug-likeness (QED) is 0.297. The Labute approximate surface area is 234 Å². The number of carbonyl (C=O) groups excluding carboxylic acids is 2. The van der Waals surface area contributed by atoms with Crippen LogP contribution in [-0.2, 0) is 26.2 Å². The third kappa shape index (κ3) is 8.03. The van der Waals surface area contributed by atoms with Crippen molar-refractivity contribution in [1.82, 2.24) is 10.2 Å². The number of anilines is 1. The van der Waals surface area contributed by atoms with Crippen LogP contribution in [0.15, 0.2) is 77.7 Å². The van der Waals surface area contributed by atoms with Crippen molar-refractivity contribution >= 4 is 39.1 Å². The molecule has 0 unspecified atom stereocenters. The first-order chi connectivity index (χ1) is 18.5. The summed E-state index contributed by atoms with van der Waals surface area (Å²) in [7, 11) is -4.18. The molecule has 0 aromatic heterocycles. The van der Waals surface area contributed by atoms with Crippen LogP contribution in [0.1, 0.15) is 37.8 Å². The van der Waals surface area contributed by atoms with Gasteiger partial charge in [-0.3, -0.25) is 13.9 Å². The van der Waals surface area contributed by atoms with Gasteiger partial charge in [0.2, 0.25) is 11.8 Å². The van der Waals surface area contributed by atoms with Gasteiger partial charge in [-0.1, -0.05) is 54.8 Å².